The van der Waals surface area contributed by atoms with Crippen LogP contribution in [0.4, 0.5) is 0 Å². The van der Waals surface area contributed by atoms with Crippen molar-refractivity contribution in [3.63, 3.8) is 0 Å². The van der Waals surface area contributed by atoms with Gasteiger partial charge >= 0.3 is 0 Å². The Bertz CT molecular complexity index is 4260. The fourth-order valence-electron chi connectivity index (χ4n) is 10.2. The average Bonchev–Trinajstić information content (AvgIpc) is 3.90. The SMILES string of the molecule is c1ccc(-c2nc(-c3ccc4c(c3)oc3c5ccccc5c(-n5c6cc7ccccc7cc6c6c7ccccc7ccc65)cc43)nc(-c3cc4ccccc4c4ccccc34)n2)cc1. The third kappa shape index (κ3) is 5.15. The molecule has 0 fully saturated rings. The molecular weight excluding hydrogens is 781 g/mol. The summed E-state index contributed by atoms with van der Waals surface area (Å²) in [6.07, 6.45) is 0. The predicted molar refractivity (Wildman–Crippen MR) is 265 cm³/mol. The summed E-state index contributed by atoms with van der Waals surface area (Å²) in [7, 11) is 0. The first-order valence-electron chi connectivity index (χ1n) is 21.7. The molecule has 64 heavy (non-hydrogen) atoms. The minimum atomic E-state index is 0.582. The van der Waals surface area contributed by atoms with Crippen LogP contribution in [-0.4, -0.2) is 19.5 Å². The fraction of sp³-hybridized carbons (Fsp3) is 0. The molecular formula is C59H34N4O. The van der Waals surface area contributed by atoms with Crippen LogP contribution in [0.25, 0.3) is 137 Å². The van der Waals surface area contributed by atoms with Crippen molar-refractivity contribution in [1.82, 2.24) is 19.5 Å². The van der Waals surface area contributed by atoms with Crippen molar-refractivity contribution in [3.05, 3.63) is 206 Å². The lowest BCUT2D eigenvalue weighted by atomic mass is 9.97. The Labute approximate surface area is 366 Å². The van der Waals surface area contributed by atoms with E-state index in [1.165, 1.54) is 48.7 Å². The van der Waals surface area contributed by atoms with Crippen LogP contribution in [-0.2, 0) is 0 Å². The van der Waals surface area contributed by atoms with E-state index in [9.17, 15) is 0 Å². The fourth-order valence-corrected chi connectivity index (χ4v) is 10.2. The minimum Gasteiger partial charge on any atom is -0.455 e. The van der Waals surface area contributed by atoms with E-state index in [-0.39, 0.29) is 0 Å². The molecule has 0 aliphatic rings. The first-order chi connectivity index (χ1) is 31.7. The second-order valence-corrected chi connectivity index (χ2v) is 16.7. The largest absolute Gasteiger partial charge is 0.455 e. The Hall–Kier alpha value is -8.67. The molecule has 14 rings (SSSR count). The maximum Gasteiger partial charge on any atom is 0.164 e. The number of hydrogen-bond acceptors (Lipinski definition) is 4. The van der Waals surface area contributed by atoms with E-state index < -0.39 is 0 Å². The molecule has 0 aliphatic heterocycles. The summed E-state index contributed by atoms with van der Waals surface area (Å²) in [5.41, 5.74) is 7.81. The Morgan fingerprint density at radius 2 is 0.953 bits per heavy atom. The molecule has 0 radical (unpaired) electrons. The zero-order chi connectivity index (χ0) is 41.9. The first-order valence-corrected chi connectivity index (χ1v) is 21.7. The van der Waals surface area contributed by atoms with E-state index in [0.29, 0.717) is 17.5 Å². The summed E-state index contributed by atoms with van der Waals surface area (Å²) in [4.78, 5) is 15.5. The van der Waals surface area contributed by atoms with E-state index in [4.69, 9.17) is 19.4 Å². The van der Waals surface area contributed by atoms with Crippen molar-refractivity contribution in [2.24, 2.45) is 0 Å². The second-order valence-electron chi connectivity index (χ2n) is 16.7. The Kier molecular flexibility index (Phi) is 7.33. The summed E-state index contributed by atoms with van der Waals surface area (Å²) >= 11 is 0. The number of rotatable bonds is 4. The van der Waals surface area contributed by atoms with Crippen molar-refractivity contribution in [2.75, 3.05) is 0 Å². The molecule has 0 spiro atoms. The van der Waals surface area contributed by atoms with Crippen LogP contribution in [0.1, 0.15) is 0 Å². The monoisotopic (exact) mass is 814 g/mol. The van der Waals surface area contributed by atoms with Gasteiger partial charge in [0.2, 0.25) is 0 Å². The highest BCUT2D eigenvalue weighted by Gasteiger charge is 2.22. The molecule has 0 aliphatic carbocycles. The van der Waals surface area contributed by atoms with Gasteiger partial charge in [-0.25, -0.2) is 15.0 Å². The molecule has 0 bridgehead atoms. The average molecular weight is 815 g/mol. The van der Waals surface area contributed by atoms with Gasteiger partial charge in [0.15, 0.2) is 17.5 Å². The summed E-state index contributed by atoms with van der Waals surface area (Å²) < 4.78 is 9.41. The molecule has 14 aromatic rings. The lowest BCUT2D eigenvalue weighted by Crippen LogP contribution is -2.00. The molecule has 0 unspecified atom stereocenters. The van der Waals surface area contributed by atoms with Gasteiger partial charge in [-0.2, -0.15) is 0 Å². The summed E-state index contributed by atoms with van der Waals surface area (Å²) in [6.45, 7) is 0. The summed E-state index contributed by atoms with van der Waals surface area (Å²) in [6, 6.07) is 73.3. The molecule has 11 aromatic carbocycles. The van der Waals surface area contributed by atoms with E-state index in [2.05, 4.69) is 193 Å². The van der Waals surface area contributed by atoms with Gasteiger partial charge in [-0.3, -0.25) is 0 Å². The van der Waals surface area contributed by atoms with Gasteiger partial charge in [-0.1, -0.05) is 164 Å². The highest BCUT2D eigenvalue weighted by atomic mass is 16.3. The third-order valence-electron chi connectivity index (χ3n) is 13.2. The standard InChI is InChI=1S/C59H34N4O/c1-2-15-36(16-3-1)57-60-58(62-59(61-57)49-31-39-19-7-8-20-41(39)43-22-10-11-23-44(43)49)40-26-28-46-48-34-53(45-24-12-13-25-47(45)56(48)64-54(46)33-40)63-51-29-27-35-14-6-9-21-42(35)55(51)50-30-37-17-4-5-18-38(37)32-52(50)63/h1-34H. The number of hydrogen-bond donors (Lipinski definition) is 0. The maximum absolute atomic E-state index is 6.95. The van der Waals surface area contributed by atoms with Gasteiger partial charge in [0.25, 0.3) is 0 Å². The number of furan rings is 1. The van der Waals surface area contributed by atoms with E-state index in [1.807, 2.05) is 18.2 Å². The smallest absolute Gasteiger partial charge is 0.164 e. The lowest BCUT2D eigenvalue weighted by molar-refractivity contribution is 0.672. The van der Waals surface area contributed by atoms with Gasteiger partial charge < -0.3 is 8.98 Å². The van der Waals surface area contributed by atoms with Gasteiger partial charge in [0.05, 0.1) is 16.7 Å². The van der Waals surface area contributed by atoms with Crippen molar-refractivity contribution >= 4 is 97.6 Å². The van der Waals surface area contributed by atoms with Crippen LogP contribution >= 0.6 is 0 Å². The Morgan fingerprint density at radius 3 is 1.77 bits per heavy atom. The lowest BCUT2D eigenvalue weighted by Gasteiger charge is -2.13. The number of fused-ring (bicyclic) bond motifs is 14. The molecule has 3 aromatic heterocycles. The van der Waals surface area contributed by atoms with Crippen molar-refractivity contribution in [2.45, 2.75) is 0 Å². The first kappa shape index (κ1) is 35.0. The number of aromatic nitrogens is 4. The van der Waals surface area contributed by atoms with Crippen molar-refractivity contribution < 1.29 is 4.42 Å². The van der Waals surface area contributed by atoms with Crippen LogP contribution in [0.15, 0.2) is 211 Å². The molecule has 5 heteroatoms. The van der Waals surface area contributed by atoms with E-state index in [0.717, 1.165) is 71.2 Å². The normalized spacial score (nSPS) is 12.1. The van der Waals surface area contributed by atoms with Gasteiger partial charge in [-0.15, -0.1) is 0 Å². The van der Waals surface area contributed by atoms with Crippen LogP contribution in [0.5, 0.6) is 0 Å². The zero-order valence-electron chi connectivity index (χ0n) is 34.3. The molecule has 0 amide bonds. The minimum absolute atomic E-state index is 0.582. The molecule has 3 heterocycles. The summed E-state index contributed by atoms with van der Waals surface area (Å²) in [5, 5.41) is 16.3. The van der Waals surface area contributed by atoms with Gasteiger partial charge in [0, 0.05) is 49.0 Å². The third-order valence-corrected chi connectivity index (χ3v) is 13.2. The quantitative estimate of drug-likeness (QED) is 0.166. The Balaban J connectivity index is 1.01. The van der Waals surface area contributed by atoms with Gasteiger partial charge in [-0.05, 0) is 85.6 Å². The molecule has 0 saturated carbocycles. The van der Waals surface area contributed by atoms with E-state index >= 15 is 0 Å². The molecule has 0 saturated heterocycles. The van der Waals surface area contributed by atoms with Crippen molar-refractivity contribution in [1.29, 1.82) is 0 Å². The topological polar surface area (TPSA) is 56.7 Å². The van der Waals surface area contributed by atoms with Crippen LogP contribution in [0, 0.1) is 0 Å². The molecule has 296 valence electrons. The number of nitrogens with zero attached hydrogens (tertiary/aromatic N) is 4. The molecule has 0 N–H and O–H groups in total. The van der Waals surface area contributed by atoms with Gasteiger partial charge in [0.1, 0.15) is 11.2 Å². The van der Waals surface area contributed by atoms with Crippen LogP contribution in [0.2, 0.25) is 0 Å². The second kappa shape index (κ2) is 13.4. The molecule has 0 atom stereocenters. The summed E-state index contributed by atoms with van der Waals surface area (Å²) in [5.74, 6) is 1.82. The van der Waals surface area contributed by atoms with Crippen molar-refractivity contribution in [3.8, 4) is 39.9 Å². The van der Waals surface area contributed by atoms with Crippen LogP contribution in [0.3, 0.4) is 0 Å². The van der Waals surface area contributed by atoms with E-state index in [1.54, 1.807) is 0 Å². The zero-order valence-corrected chi connectivity index (χ0v) is 34.3. The molecule has 5 nitrogen and oxygen atoms in total. The maximum atomic E-state index is 6.95. The predicted octanol–water partition coefficient (Wildman–Crippen LogP) is 15.6. The number of benzene rings is 11. The van der Waals surface area contributed by atoms with Crippen LogP contribution < -0.4 is 0 Å². The Morgan fingerprint density at radius 1 is 0.328 bits per heavy atom. The highest BCUT2D eigenvalue weighted by Crippen LogP contribution is 2.44. The highest BCUT2D eigenvalue weighted by molar-refractivity contribution is 6.25.